The average Bonchev–Trinajstić information content (AvgIpc) is 2.84. The van der Waals surface area contributed by atoms with Crippen molar-refractivity contribution in [3.8, 4) is 5.75 Å². The minimum atomic E-state index is -1.44. The normalized spacial score (nSPS) is 13.5. The lowest BCUT2D eigenvalue weighted by Crippen LogP contribution is -2.55. The zero-order chi connectivity index (χ0) is 30.4. The van der Waals surface area contributed by atoms with Crippen molar-refractivity contribution in [2.45, 2.75) is 85.0 Å². The van der Waals surface area contributed by atoms with E-state index in [2.05, 4.69) is 10.6 Å². The number of halogens is 1. The molecule has 0 radical (unpaired) electrons. The highest BCUT2D eigenvalue weighted by Crippen LogP contribution is 2.36. The molecule has 2 rings (SSSR count). The minimum absolute atomic E-state index is 0.158. The molecule has 0 spiro atoms. The molecule has 2 aromatic rings. The highest BCUT2D eigenvalue weighted by molar-refractivity contribution is 6.34. The van der Waals surface area contributed by atoms with Crippen LogP contribution in [0.2, 0.25) is 5.02 Å². The zero-order valence-corrected chi connectivity index (χ0v) is 24.8. The number of benzene rings is 2. The molecule has 5 N–H and O–H groups in total. The van der Waals surface area contributed by atoms with E-state index in [4.69, 9.17) is 22.1 Å². The summed E-state index contributed by atoms with van der Waals surface area (Å²) < 4.78 is 5.29. The van der Waals surface area contributed by atoms with E-state index in [0.717, 1.165) is 0 Å². The van der Waals surface area contributed by atoms with Gasteiger partial charge in [-0.15, -0.1) is 0 Å². The number of amides is 4. The van der Waals surface area contributed by atoms with Crippen LogP contribution in [0.5, 0.6) is 5.75 Å². The molecular weight excluding hydrogens is 536 g/mol. The van der Waals surface area contributed by atoms with Crippen LogP contribution in [0.1, 0.15) is 70.2 Å². The van der Waals surface area contributed by atoms with Crippen molar-refractivity contribution in [1.82, 2.24) is 10.2 Å². The lowest BCUT2D eigenvalue weighted by Gasteiger charge is -2.38. The van der Waals surface area contributed by atoms with Crippen molar-refractivity contribution in [3.63, 3.8) is 0 Å². The summed E-state index contributed by atoms with van der Waals surface area (Å²) in [6, 6.07) is 6.61. The van der Waals surface area contributed by atoms with E-state index in [9.17, 15) is 24.3 Å². The van der Waals surface area contributed by atoms with E-state index in [-0.39, 0.29) is 11.3 Å². The van der Waals surface area contributed by atoms with Crippen LogP contribution in [-0.2, 0) is 19.1 Å². The number of hydrogen-bond donors (Lipinski definition) is 4. The van der Waals surface area contributed by atoms with Gasteiger partial charge < -0.3 is 31.1 Å². The molecule has 0 heterocycles. The summed E-state index contributed by atoms with van der Waals surface area (Å²) in [6.07, 6.45) is -1.06. The van der Waals surface area contributed by atoms with Crippen LogP contribution in [0.3, 0.4) is 0 Å². The maximum absolute atomic E-state index is 14.1. The Bertz CT molecular complexity index is 1240. The van der Waals surface area contributed by atoms with Crippen molar-refractivity contribution in [2.24, 2.45) is 5.73 Å². The number of aryl methyl sites for hydroxylation is 2. The van der Waals surface area contributed by atoms with Gasteiger partial charge in [-0.1, -0.05) is 48.9 Å². The monoisotopic (exact) mass is 574 g/mol. The van der Waals surface area contributed by atoms with Gasteiger partial charge in [0.15, 0.2) is 0 Å². The number of aromatic hydroxyl groups is 1. The molecular formula is C29H39ClN4O6. The third-order valence-corrected chi connectivity index (χ3v) is 6.59. The molecule has 11 heteroatoms. The van der Waals surface area contributed by atoms with E-state index >= 15 is 0 Å². The van der Waals surface area contributed by atoms with Crippen LogP contribution in [-0.4, -0.2) is 51.5 Å². The number of nitrogens with zero attached hydrogens (tertiary/aromatic N) is 1. The Balaban J connectivity index is 2.68. The number of rotatable bonds is 10. The van der Waals surface area contributed by atoms with Gasteiger partial charge in [0.2, 0.25) is 11.8 Å². The second-order valence-corrected chi connectivity index (χ2v) is 11.1. The van der Waals surface area contributed by atoms with E-state index in [0.29, 0.717) is 28.3 Å². The molecule has 0 aromatic heterocycles. The quantitative estimate of drug-likeness (QED) is 0.322. The lowest BCUT2D eigenvalue weighted by molar-refractivity contribution is -0.144. The van der Waals surface area contributed by atoms with Gasteiger partial charge in [-0.25, -0.2) is 4.79 Å². The highest BCUT2D eigenvalue weighted by atomic mass is 35.5. The van der Waals surface area contributed by atoms with Crippen molar-refractivity contribution in [2.75, 3.05) is 5.32 Å². The molecule has 218 valence electrons. The predicted molar refractivity (Wildman–Crippen MR) is 154 cm³/mol. The van der Waals surface area contributed by atoms with Gasteiger partial charge >= 0.3 is 6.09 Å². The minimum Gasteiger partial charge on any atom is -0.507 e. The number of nitrogens with two attached hydrogens (primary N) is 1. The van der Waals surface area contributed by atoms with Gasteiger partial charge in [0, 0.05) is 11.6 Å². The molecule has 4 amide bonds. The number of hydrogen-bond acceptors (Lipinski definition) is 6. The summed E-state index contributed by atoms with van der Waals surface area (Å²) in [7, 11) is 0. The zero-order valence-electron chi connectivity index (χ0n) is 24.0. The summed E-state index contributed by atoms with van der Waals surface area (Å²) in [5.74, 6) is -2.42. The van der Waals surface area contributed by atoms with E-state index in [1.165, 1.54) is 4.90 Å². The largest absolute Gasteiger partial charge is 0.507 e. The molecule has 0 saturated carbocycles. The maximum Gasteiger partial charge on any atom is 0.408 e. The summed E-state index contributed by atoms with van der Waals surface area (Å²) in [5, 5.41) is 16.6. The Kier molecular flexibility index (Phi) is 11.0. The van der Waals surface area contributed by atoms with Crippen LogP contribution in [0.4, 0.5) is 10.5 Å². The van der Waals surface area contributed by atoms with Gasteiger partial charge in [0.1, 0.15) is 23.4 Å². The van der Waals surface area contributed by atoms with Crippen molar-refractivity contribution < 1.29 is 29.0 Å². The number of primary amides is 1. The van der Waals surface area contributed by atoms with Gasteiger partial charge in [0.05, 0.1) is 17.1 Å². The molecule has 0 saturated heterocycles. The highest BCUT2D eigenvalue weighted by Gasteiger charge is 2.40. The lowest BCUT2D eigenvalue weighted by atomic mass is 9.96. The molecule has 10 nitrogen and oxygen atoms in total. The average molecular weight is 575 g/mol. The van der Waals surface area contributed by atoms with Crippen molar-refractivity contribution >= 4 is 41.1 Å². The summed E-state index contributed by atoms with van der Waals surface area (Å²) in [5.41, 5.74) is 6.25. The fourth-order valence-corrected chi connectivity index (χ4v) is 4.40. The molecule has 0 bridgehead atoms. The van der Waals surface area contributed by atoms with Gasteiger partial charge in [0.25, 0.3) is 5.91 Å². The van der Waals surface area contributed by atoms with E-state index in [1.807, 2.05) is 6.92 Å². The fraction of sp³-hybridized carbons (Fsp3) is 0.448. The topological polar surface area (TPSA) is 151 Å². The van der Waals surface area contributed by atoms with Crippen molar-refractivity contribution in [1.29, 1.82) is 0 Å². The molecule has 0 aliphatic rings. The van der Waals surface area contributed by atoms with Gasteiger partial charge in [-0.2, -0.15) is 0 Å². The molecule has 3 atom stereocenters. The molecule has 0 aliphatic carbocycles. The van der Waals surface area contributed by atoms with Crippen molar-refractivity contribution in [3.05, 3.63) is 58.1 Å². The Labute approximate surface area is 240 Å². The Morgan fingerprint density at radius 1 is 1.07 bits per heavy atom. The third-order valence-electron chi connectivity index (χ3n) is 6.27. The molecule has 3 unspecified atom stereocenters. The summed E-state index contributed by atoms with van der Waals surface area (Å²) >= 11 is 6.37. The number of phenolic OH excluding ortho intramolecular Hbond substituents is 1. The second kappa shape index (κ2) is 13.5. The molecule has 0 aliphatic heterocycles. The van der Waals surface area contributed by atoms with Crippen LogP contribution in [0, 0.1) is 13.8 Å². The maximum atomic E-state index is 14.1. The van der Waals surface area contributed by atoms with E-state index in [1.54, 1.807) is 77.9 Å². The van der Waals surface area contributed by atoms with Crippen LogP contribution in [0.15, 0.2) is 36.4 Å². The first kappa shape index (κ1) is 32.4. The van der Waals surface area contributed by atoms with E-state index < -0.39 is 54.0 Å². The number of para-hydroxylation sites is 2. The molecule has 0 fully saturated rings. The first-order valence-electron chi connectivity index (χ1n) is 13.0. The SMILES string of the molecule is CCC(C)N(C(=O)C(CC(N)=O)NC(=O)OC(C)(C)C)C(C(=O)Nc1c(C)cccc1Cl)c1cccc(C)c1O. The van der Waals surface area contributed by atoms with Gasteiger partial charge in [-0.05, 0) is 65.2 Å². The third kappa shape index (κ3) is 8.35. The molecule has 2 aromatic carbocycles. The number of phenols is 1. The fourth-order valence-electron chi connectivity index (χ4n) is 4.13. The standard InChI is InChI=1S/C29H39ClN4O6/c1-8-18(4)34(27(38)21(15-22(31)35)32-28(39)40-29(5,6)7)24(19-13-9-12-17(3)25(19)36)26(37)33-23-16(2)11-10-14-20(23)30/h9-14,18,21,24,36H,8,15H2,1-7H3,(H2,31,35)(H,32,39)(H,33,37). The number of alkyl carbamates (subject to hydrolysis) is 1. The Morgan fingerprint density at radius 3 is 2.23 bits per heavy atom. The Morgan fingerprint density at radius 2 is 1.68 bits per heavy atom. The number of ether oxygens (including phenoxy) is 1. The van der Waals surface area contributed by atoms with Gasteiger partial charge in [-0.3, -0.25) is 14.4 Å². The summed E-state index contributed by atoms with van der Waals surface area (Å²) in [4.78, 5) is 54.0. The van der Waals surface area contributed by atoms with Crippen LogP contribution < -0.4 is 16.4 Å². The van der Waals surface area contributed by atoms with Crippen LogP contribution >= 0.6 is 11.6 Å². The molecule has 40 heavy (non-hydrogen) atoms. The number of anilines is 1. The van der Waals surface area contributed by atoms with Crippen LogP contribution in [0.25, 0.3) is 0 Å². The first-order chi connectivity index (χ1) is 18.6. The first-order valence-corrected chi connectivity index (χ1v) is 13.4. The smallest absolute Gasteiger partial charge is 0.408 e. The summed E-state index contributed by atoms with van der Waals surface area (Å²) in [6.45, 7) is 11.9. The second-order valence-electron chi connectivity index (χ2n) is 10.7. The number of carbonyl (C=O) groups is 4. The number of carbonyl (C=O) groups excluding carboxylic acids is 4. The Hall–Kier alpha value is -3.79. The predicted octanol–water partition coefficient (Wildman–Crippen LogP) is 4.74. The number of nitrogens with one attached hydrogen (secondary N) is 2.